The molecular weight excluding hydrogens is 266 g/mol. The molecule has 0 radical (unpaired) electrons. The fourth-order valence-corrected chi connectivity index (χ4v) is 3.16. The zero-order chi connectivity index (χ0) is 13.9. The monoisotopic (exact) mass is 284 g/mol. The van der Waals surface area contributed by atoms with Crippen LogP contribution in [0.1, 0.15) is 43.0 Å². The van der Waals surface area contributed by atoms with Gasteiger partial charge in [-0.25, -0.2) is 8.78 Å². The molecule has 104 valence electrons. The molecule has 1 aliphatic rings. The Labute approximate surface area is 116 Å². The second-order valence-corrected chi connectivity index (χ2v) is 6.39. The van der Waals surface area contributed by atoms with Crippen LogP contribution in [-0.4, -0.2) is 17.5 Å². The number of rotatable bonds is 5. The van der Waals surface area contributed by atoms with Gasteiger partial charge < -0.3 is 0 Å². The highest BCUT2D eigenvalue weighted by Gasteiger charge is 2.39. The highest BCUT2D eigenvalue weighted by atomic mass is 32.2. The highest BCUT2D eigenvalue weighted by Crippen LogP contribution is 2.40. The van der Waals surface area contributed by atoms with Crippen molar-refractivity contribution in [1.29, 1.82) is 0 Å². The number of benzene rings is 1. The number of ketones is 1. The fourth-order valence-electron chi connectivity index (χ4n) is 2.50. The van der Waals surface area contributed by atoms with E-state index < -0.39 is 5.92 Å². The van der Waals surface area contributed by atoms with E-state index in [0.717, 1.165) is 10.6 Å². The summed E-state index contributed by atoms with van der Waals surface area (Å²) in [6, 6.07) is 7.44. The van der Waals surface area contributed by atoms with Gasteiger partial charge in [0.25, 0.3) is 0 Å². The number of Topliss-reactive ketones (excluding diaryl/α,β-unsaturated/α-hetero) is 1. The van der Waals surface area contributed by atoms with Crippen LogP contribution in [0.15, 0.2) is 29.2 Å². The largest absolute Gasteiger partial charge is 0.294 e. The molecule has 1 aliphatic carbocycles. The minimum Gasteiger partial charge on any atom is -0.294 e. The van der Waals surface area contributed by atoms with Crippen molar-refractivity contribution in [1.82, 2.24) is 0 Å². The highest BCUT2D eigenvalue weighted by molar-refractivity contribution is 7.99. The lowest BCUT2D eigenvalue weighted by atomic mass is 9.97. The molecule has 2 rings (SSSR count). The van der Waals surface area contributed by atoms with Gasteiger partial charge in [0.2, 0.25) is 5.92 Å². The number of alkyl halides is 2. The minimum absolute atomic E-state index is 0.0178. The minimum atomic E-state index is -2.56. The molecule has 0 heterocycles. The topological polar surface area (TPSA) is 17.1 Å². The van der Waals surface area contributed by atoms with Crippen LogP contribution in [0, 0.1) is 5.92 Å². The molecule has 1 aromatic rings. The summed E-state index contributed by atoms with van der Waals surface area (Å²) in [5, 5.41) is 0. The summed E-state index contributed by atoms with van der Waals surface area (Å²) in [5.41, 5.74) is 0.635. The molecular formula is C15H18F2OS. The van der Waals surface area contributed by atoms with Gasteiger partial charge in [-0.05, 0) is 30.2 Å². The van der Waals surface area contributed by atoms with Gasteiger partial charge in [-0.3, -0.25) is 4.79 Å². The van der Waals surface area contributed by atoms with E-state index in [-0.39, 0.29) is 31.0 Å². The number of thioether (sulfide) groups is 1. The fraction of sp³-hybridized carbons (Fsp3) is 0.533. The third-order valence-corrected chi connectivity index (χ3v) is 4.36. The molecule has 0 aromatic heterocycles. The SMILES string of the molecule is CCSc1ccc(C(=O)CC2CCC(F)(F)C2)cc1. The molecule has 1 saturated carbocycles. The van der Waals surface area contributed by atoms with Gasteiger partial charge in [-0.2, -0.15) is 0 Å². The Morgan fingerprint density at radius 3 is 2.58 bits per heavy atom. The summed E-state index contributed by atoms with van der Waals surface area (Å²) < 4.78 is 26.1. The first-order chi connectivity index (χ1) is 9.00. The zero-order valence-electron chi connectivity index (χ0n) is 11.0. The summed E-state index contributed by atoms with van der Waals surface area (Å²) in [4.78, 5) is 13.2. The van der Waals surface area contributed by atoms with Crippen LogP contribution in [0.3, 0.4) is 0 Å². The summed E-state index contributed by atoms with van der Waals surface area (Å²) in [6.45, 7) is 2.07. The summed E-state index contributed by atoms with van der Waals surface area (Å²) in [6.07, 6.45) is 0.498. The van der Waals surface area contributed by atoms with Gasteiger partial charge in [0.1, 0.15) is 0 Å². The molecule has 1 atom stereocenters. The molecule has 1 nitrogen and oxygen atoms in total. The summed E-state index contributed by atoms with van der Waals surface area (Å²) in [5.74, 6) is -1.75. The smallest absolute Gasteiger partial charge is 0.248 e. The lowest BCUT2D eigenvalue weighted by molar-refractivity contribution is 0.00497. The molecule has 0 amide bonds. The van der Waals surface area contributed by atoms with Gasteiger partial charge in [-0.1, -0.05) is 19.1 Å². The lowest BCUT2D eigenvalue weighted by Crippen LogP contribution is -2.12. The van der Waals surface area contributed by atoms with E-state index in [2.05, 4.69) is 6.92 Å². The first kappa shape index (κ1) is 14.5. The van der Waals surface area contributed by atoms with Crippen LogP contribution in [0.25, 0.3) is 0 Å². The Bertz CT molecular complexity index is 442. The summed E-state index contributed by atoms with van der Waals surface area (Å²) >= 11 is 1.72. The maximum atomic E-state index is 13.1. The van der Waals surface area contributed by atoms with Gasteiger partial charge >= 0.3 is 0 Å². The van der Waals surface area contributed by atoms with Crippen molar-refractivity contribution in [2.45, 2.75) is 43.4 Å². The van der Waals surface area contributed by atoms with E-state index in [4.69, 9.17) is 0 Å². The van der Waals surface area contributed by atoms with E-state index in [1.54, 1.807) is 23.9 Å². The van der Waals surface area contributed by atoms with Crippen molar-refractivity contribution in [3.63, 3.8) is 0 Å². The predicted molar refractivity (Wildman–Crippen MR) is 74.1 cm³/mol. The molecule has 0 spiro atoms. The molecule has 1 aromatic carbocycles. The molecule has 19 heavy (non-hydrogen) atoms. The Morgan fingerprint density at radius 2 is 2.05 bits per heavy atom. The Morgan fingerprint density at radius 1 is 1.37 bits per heavy atom. The Balaban J connectivity index is 1.93. The van der Waals surface area contributed by atoms with Crippen LogP contribution in [-0.2, 0) is 0 Å². The normalized spacial score (nSPS) is 21.5. The number of halogens is 2. The third-order valence-electron chi connectivity index (χ3n) is 3.47. The van der Waals surface area contributed by atoms with Crippen molar-refractivity contribution in [3.05, 3.63) is 29.8 Å². The van der Waals surface area contributed by atoms with Crippen molar-refractivity contribution in [3.8, 4) is 0 Å². The molecule has 0 saturated heterocycles. The Kier molecular flexibility index (Phi) is 4.61. The number of hydrogen-bond donors (Lipinski definition) is 0. The van der Waals surface area contributed by atoms with Crippen molar-refractivity contribution in [2.75, 3.05) is 5.75 Å². The van der Waals surface area contributed by atoms with E-state index in [1.807, 2.05) is 12.1 Å². The number of hydrogen-bond acceptors (Lipinski definition) is 2. The quantitative estimate of drug-likeness (QED) is 0.570. The first-order valence-corrected chi connectivity index (χ1v) is 7.62. The zero-order valence-corrected chi connectivity index (χ0v) is 11.8. The molecule has 0 aliphatic heterocycles. The lowest BCUT2D eigenvalue weighted by Gasteiger charge is -2.10. The maximum Gasteiger partial charge on any atom is 0.248 e. The first-order valence-electron chi connectivity index (χ1n) is 6.64. The van der Waals surface area contributed by atoms with Crippen LogP contribution >= 0.6 is 11.8 Å². The van der Waals surface area contributed by atoms with Gasteiger partial charge in [-0.15, -0.1) is 11.8 Å². The number of carbonyl (C=O) groups is 1. The van der Waals surface area contributed by atoms with Gasteiger partial charge in [0.15, 0.2) is 5.78 Å². The average molecular weight is 284 g/mol. The van der Waals surface area contributed by atoms with E-state index in [1.165, 1.54) is 0 Å². The summed E-state index contributed by atoms with van der Waals surface area (Å²) in [7, 11) is 0. The van der Waals surface area contributed by atoms with E-state index >= 15 is 0 Å². The van der Waals surface area contributed by atoms with Crippen LogP contribution in [0.2, 0.25) is 0 Å². The molecule has 1 unspecified atom stereocenters. The van der Waals surface area contributed by atoms with Crippen molar-refractivity contribution in [2.24, 2.45) is 5.92 Å². The van der Waals surface area contributed by atoms with Gasteiger partial charge in [0, 0.05) is 29.7 Å². The number of carbonyl (C=O) groups excluding carboxylic acids is 1. The van der Waals surface area contributed by atoms with Gasteiger partial charge in [0.05, 0.1) is 0 Å². The van der Waals surface area contributed by atoms with Crippen molar-refractivity contribution >= 4 is 17.5 Å². The predicted octanol–water partition coefficient (Wildman–Crippen LogP) is 4.81. The third kappa shape index (κ3) is 4.03. The standard InChI is InChI=1S/C15H18F2OS/c1-2-19-13-5-3-12(4-6-13)14(18)9-11-7-8-15(16,17)10-11/h3-6,11H,2,7-10H2,1H3. The molecule has 1 fully saturated rings. The van der Waals surface area contributed by atoms with Crippen LogP contribution < -0.4 is 0 Å². The van der Waals surface area contributed by atoms with Crippen LogP contribution in [0.4, 0.5) is 8.78 Å². The molecule has 0 bridgehead atoms. The van der Waals surface area contributed by atoms with Crippen LogP contribution in [0.5, 0.6) is 0 Å². The average Bonchev–Trinajstić information content (AvgIpc) is 2.70. The van der Waals surface area contributed by atoms with E-state index in [0.29, 0.717) is 12.0 Å². The van der Waals surface area contributed by atoms with E-state index in [9.17, 15) is 13.6 Å². The molecule has 4 heteroatoms. The Hall–Kier alpha value is -0.900. The second kappa shape index (κ2) is 6.04. The maximum absolute atomic E-state index is 13.1. The molecule has 0 N–H and O–H groups in total. The second-order valence-electron chi connectivity index (χ2n) is 5.05. The van der Waals surface area contributed by atoms with Crippen molar-refractivity contribution < 1.29 is 13.6 Å².